The molecule has 1 atom stereocenters. The molecule has 0 saturated carbocycles. The van der Waals surface area contributed by atoms with Crippen LogP contribution in [0.15, 0.2) is 24.3 Å². The summed E-state index contributed by atoms with van der Waals surface area (Å²) in [4.78, 5) is 0. The van der Waals surface area contributed by atoms with Gasteiger partial charge >= 0.3 is 6.18 Å². The van der Waals surface area contributed by atoms with Gasteiger partial charge in [0.2, 0.25) is 0 Å². The van der Waals surface area contributed by atoms with E-state index < -0.39 is 23.4 Å². The highest BCUT2D eigenvalue weighted by Gasteiger charge is 2.35. The van der Waals surface area contributed by atoms with Crippen LogP contribution in [0.2, 0.25) is 0 Å². The molecule has 0 heterocycles. The summed E-state index contributed by atoms with van der Waals surface area (Å²) < 4.78 is 42.8. The standard InChI is InChI=1S/C15H21F3O2/c1-4-14(5-2,20-3)13(19)10-11-6-8-12(9-7-11)15(16,17)18/h6-9,13,19H,4-5,10H2,1-3H3. The fourth-order valence-corrected chi connectivity index (χ4v) is 2.39. The van der Waals surface area contributed by atoms with Crippen LogP contribution >= 0.6 is 0 Å². The largest absolute Gasteiger partial charge is 0.416 e. The summed E-state index contributed by atoms with van der Waals surface area (Å²) in [5.74, 6) is 0. The number of hydrogen-bond acceptors (Lipinski definition) is 2. The van der Waals surface area contributed by atoms with Crippen molar-refractivity contribution < 1.29 is 23.0 Å². The minimum Gasteiger partial charge on any atom is -0.390 e. The molecule has 0 aliphatic carbocycles. The van der Waals surface area contributed by atoms with E-state index in [2.05, 4.69) is 0 Å². The predicted molar refractivity (Wildman–Crippen MR) is 71.5 cm³/mol. The molecule has 1 aromatic rings. The van der Waals surface area contributed by atoms with Gasteiger partial charge in [-0.25, -0.2) is 0 Å². The Balaban J connectivity index is 2.83. The van der Waals surface area contributed by atoms with Crippen LogP contribution in [0.1, 0.15) is 37.8 Å². The molecule has 0 fully saturated rings. The Morgan fingerprint density at radius 2 is 1.60 bits per heavy atom. The normalized spacial score (nSPS) is 14.3. The van der Waals surface area contributed by atoms with Gasteiger partial charge in [0, 0.05) is 13.5 Å². The Hall–Kier alpha value is -1.07. The highest BCUT2D eigenvalue weighted by molar-refractivity contribution is 5.25. The number of hydrogen-bond donors (Lipinski definition) is 1. The number of halogens is 3. The Morgan fingerprint density at radius 1 is 1.10 bits per heavy atom. The Kier molecular flexibility index (Phi) is 5.59. The Morgan fingerprint density at radius 3 is 1.95 bits per heavy atom. The van der Waals surface area contributed by atoms with Crippen molar-refractivity contribution >= 4 is 0 Å². The summed E-state index contributed by atoms with van der Waals surface area (Å²) in [5, 5.41) is 10.3. The average molecular weight is 290 g/mol. The van der Waals surface area contributed by atoms with E-state index in [0.717, 1.165) is 12.1 Å². The summed E-state index contributed by atoms with van der Waals surface area (Å²) in [7, 11) is 1.54. The molecule has 1 aromatic carbocycles. The van der Waals surface area contributed by atoms with Gasteiger partial charge < -0.3 is 9.84 Å². The van der Waals surface area contributed by atoms with Crippen molar-refractivity contribution in [1.82, 2.24) is 0 Å². The molecule has 20 heavy (non-hydrogen) atoms. The first-order valence-electron chi connectivity index (χ1n) is 6.68. The van der Waals surface area contributed by atoms with E-state index in [9.17, 15) is 18.3 Å². The van der Waals surface area contributed by atoms with Gasteiger partial charge in [-0.1, -0.05) is 26.0 Å². The smallest absolute Gasteiger partial charge is 0.390 e. The third-order valence-corrected chi connectivity index (χ3v) is 3.92. The van der Waals surface area contributed by atoms with Crippen LogP contribution in [0, 0.1) is 0 Å². The molecule has 0 saturated heterocycles. The number of benzene rings is 1. The van der Waals surface area contributed by atoms with Gasteiger partial charge in [0.25, 0.3) is 0 Å². The van der Waals surface area contributed by atoms with Gasteiger partial charge in [0.1, 0.15) is 0 Å². The highest BCUT2D eigenvalue weighted by Crippen LogP contribution is 2.30. The number of alkyl halides is 3. The predicted octanol–water partition coefficient (Wildman–Crippen LogP) is 3.81. The van der Waals surface area contributed by atoms with E-state index in [-0.39, 0.29) is 6.42 Å². The number of methoxy groups -OCH3 is 1. The van der Waals surface area contributed by atoms with Crippen molar-refractivity contribution in [3.05, 3.63) is 35.4 Å². The van der Waals surface area contributed by atoms with Crippen LogP contribution in [0.4, 0.5) is 13.2 Å². The minimum absolute atomic E-state index is 0.271. The lowest BCUT2D eigenvalue weighted by atomic mass is 9.86. The SMILES string of the molecule is CCC(CC)(OC)C(O)Cc1ccc(C(F)(F)F)cc1. The van der Waals surface area contributed by atoms with Crippen LogP contribution in [-0.2, 0) is 17.3 Å². The first-order valence-corrected chi connectivity index (χ1v) is 6.68. The molecule has 0 amide bonds. The van der Waals surface area contributed by atoms with Crippen molar-refractivity contribution in [2.75, 3.05) is 7.11 Å². The topological polar surface area (TPSA) is 29.5 Å². The summed E-state index contributed by atoms with van der Waals surface area (Å²) in [6.45, 7) is 3.84. The lowest BCUT2D eigenvalue weighted by Gasteiger charge is -2.35. The number of rotatable bonds is 6. The van der Waals surface area contributed by atoms with E-state index in [1.165, 1.54) is 12.1 Å². The van der Waals surface area contributed by atoms with Crippen molar-refractivity contribution in [3.63, 3.8) is 0 Å². The average Bonchev–Trinajstić information content (AvgIpc) is 2.41. The summed E-state index contributed by atoms with van der Waals surface area (Å²) >= 11 is 0. The zero-order chi connectivity index (χ0) is 15.4. The second kappa shape index (κ2) is 6.59. The molecule has 1 N–H and O–H groups in total. The molecule has 0 bridgehead atoms. The van der Waals surface area contributed by atoms with Gasteiger partial charge in [-0.2, -0.15) is 13.2 Å². The van der Waals surface area contributed by atoms with Gasteiger partial charge in [0.05, 0.1) is 17.3 Å². The number of aliphatic hydroxyl groups is 1. The maximum absolute atomic E-state index is 12.5. The zero-order valence-corrected chi connectivity index (χ0v) is 12.0. The third kappa shape index (κ3) is 3.73. The van der Waals surface area contributed by atoms with Crippen LogP contribution < -0.4 is 0 Å². The molecular weight excluding hydrogens is 269 g/mol. The van der Waals surface area contributed by atoms with Gasteiger partial charge in [0.15, 0.2) is 0 Å². The Bertz CT molecular complexity index is 400. The molecular formula is C15H21F3O2. The lowest BCUT2D eigenvalue weighted by molar-refractivity contribution is -0.137. The molecule has 5 heteroatoms. The van der Waals surface area contributed by atoms with Crippen LogP contribution in [0.3, 0.4) is 0 Å². The summed E-state index contributed by atoms with van der Waals surface area (Å²) in [5.41, 5.74) is -0.670. The minimum atomic E-state index is -4.33. The molecule has 114 valence electrons. The van der Waals surface area contributed by atoms with Crippen LogP contribution in [0.25, 0.3) is 0 Å². The first-order chi connectivity index (χ1) is 9.29. The van der Waals surface area contributed by atoms with E-state index >= 15 is 0 Å². The van der Waals surface area contributed by atoms with Gasteiger partial charge in [-0.3, -0.25) is 0 Å². The number of aliphatic hydroxyl groups excluding tert-OH is 1. The number of ether oxygens (including phenoxy) is 1. The van der Waals surface area contributed by atoms with Crippen molar-refractivity contribution in [2.45, 2.75) is 51.0 Å². The first kappa shape index (κ1) is 17.0. The fourth-order valence-electron chi connectivity index (χ4n) is 2.39. The van der Waals surface area contributed by atoms with Crippen LogP contribution in [0.5, 0.6) is 0 Å². The van der Waals surface area contributed by atoms with Crippen molar-refractivity contribution in [2.24, 2.45) is 0 Å². The quantitative estimate of drug-likeness (QED) is 0.863. The fraction of sp³-hybridized carbons (Fsp3) is 0.600. The Labute approximate surface area is 117 Å². The van der Waals surface area contributed by atoms with Gasteiger partial charge in [-0.05, 0) is 30.5 Å². The lowest BCUT2D eigenvalue weighted by Crippen LogP contribution is -2.44. The molecule has 0 radical (unpaired) electrons. The monoisotopic (exact) mass is 290 g/mol. The maximum Gasteiger partial charge on any atom is 0.416 e. The van der Waals surface area contributed by atoms with E-state index in [1.54, 1.807) is 7.11 Å². The molecule has 1 rings (SSSR count). The van der Waals surface area contributed by atoms with Gasteiger partial charge in [-0.15, -0.1) is 0 Å². The summed E-state index contributed by atoms with van der Waals surface area (Å²) in [6, 6.07) is 4.87. The van der Waals surface area contributed by atoms with E-state index in [4.69, 9.17) is 4.74 Å². The van der Waals surface area contributed by atoms with E-state index in [0.29, 0.717) is 18.4 Å². The highest BCUT2D eigenvalue weighted by atomic mass is 19.4. The molecule has 0 aliphatic rings. The second-order valence-electron chi connectivity index (χ2n) is 4.89. The summed E-state index contributed by atoms with van der Waals surface area (Å²) in [6.07, 6.45) is -3.53. The molecule has 1 unspecified atom stereocenters. The van der Waals surface area contributed by atoms with E-state index in [1.807, 2.05) is 13.8 Å². The van der Waals surface area contributed by atoms with Crippen molar-refractivity contribution in [1.29, 1.82) is 0 Å². The molecule has 2 nitrogen and oxygen atoms in total. The zero-order valence-electron chi connectivity index (χ0n) is 12.0. The second-order valence-corrected chi connectivity index (χ2v) is 4.89. The van der Waals surface area contributed by atoms with Crippen LogP contribution in [-0.4, -0.2) is 23.9 Å². The molecule has 0 aliphatic heterocycles. The third-order valence-electron chi connectivity index (χ3n) is 3.92. The molecule has 0 aromatic heterocycles. The van der Waals surface area contributed by atoms with Crippen molar-refractivity contribution in [3.8, 4) is 0 Å². The molecule has 0 spiro atoms. The maximum atomic E-state index is 12.5.